The van der Waals surface area contributed by atoms with Gasteiger partial charge in [0.2, 0.25) is 0 Å². The number of hydrogen-bond acceptors (Lipinski definition) is 0. The first-order valence-corrected chi connectivity index (χ1v) is 14.4. The summed E-state index contributed by atoms with van der Waals surface area (Å²) in [4.78, 5) is 3.64. The maximum atomic E-state index is 3.64. The van der Waals surface area contributed by atoms with Crippen LogP contribution in [0.1, 0.15) is 0 Å². The summed E-state index contributed by atoms with van der Waals surface area (Å²) in [7, 11) is 0. The molecular formula is C40H26N2. The van der Waals surface area contributed by atoms with Crippen molar-refractivity contribution in [3.05, 3.63) is 152 Å². The summed E-state index contributed by atoms with van der Waals surface area (Å²) < 4.78 is 2.39. The molecular weight excluding hydrogens is 508 g/mol. The molecule has 0 unspecified atom stereocenters. The average Bonchev–Trinajstić information content (AvgIpc) is 3.60. The number of aromatic amines is 1. The van der Waals surface area contributed by atoms with Crippen LogP contribution in [-0.4, -0.2) is 9.55 Å². The van der Waals surface area contributed by atoms with Crippen molar-refractivity contribution in [2.75, 3.05) is 0 Å². The van der Waals surface area contributed by atoms with Crippen LogP contribution in [0.4, 0.5) is 0 Å². The predicted octanol–water partition coefficient (Wildman–Crippen LogP) is 10.9. The van der Waals surface area contributed by atoms with E-state index in [1.807, 2.05) is 0 Å². The zero-order chi connectivity index (χ0) is 27.6. The predicted molar refractivity (Wildman–Crippen MR) is 179 cm³/mol. The monoisotopic (exact) mass is 534 g/mol. The summed E-state index contributed by atoms with van der Waals surface area (Å²) >= 11 is 0. The Hall–Kier alpha value is -5.60. The topological polar surface area (TPSA) is 20.7 Å². The van der Waals surface area contributed by atoms with Gasteiger partial charge in [-0.25, -0.2) is 0 Å². The molecule has 0 aliphatic carbocycles. The maximum absolute atomic E-state index is 3.64. The molecule has 0 aliphatic heterocycles. The summed E-state index contributed by atoms with van der Waals surface area (Å²) in [5.74, 6) is 0. The van der Waals surface area contributed by atoms with Crippen LogP contribution in [0.25, 0.3) is 82.3 Å². The molecule has 0 saturated heterocycles. The molecule has 2 nitrogen and oxygen atoms in total. The lowest BCUT2D eigenvalue weighted by Gasteiger charge is -2.10. The van der Waals surface area contributed by atoms with Crippen molar-refractivity contribution in [1.82, 2.24) is 9.55 Å². The van der Waals surface area contributed by atoms with Crippen LogP contribution in [0.3, 0.4) is 0 Å². The molecule has 42 heavy (non-hydrogen) atoms. The third kappa shape index (κ3) is 3.45. The van der Waals surface area contributed by atoms with Crippen molar-refractivity contribution in [1.29, 1.82) is 0 Å². The number of hydrogen-bond donors (Lipinski definition) is 1. The largest absolute Gasteiger partial charge is 0.354 e. The van der Waals surface area contributed by atoms with Crippen molar-refractivity contribution in [3.63, 3.8) is 0 Å². The van der Waals surface area contributed by atoms with Crippen LogP contribution in [0.2, 0.25) is 0 Å². The van der Waals surface area contributed by atoms with Gasteiger partial charge < -0.3 is 9.55 Å². The SMILES string of the molecule is c1ccc(-c2ccc(-n3c4ccccc4c4cc(-c5ccc6[nH]c7ccc8ccccc8c7c6c5)ccc43)cc2)cc1. The van der Waals surface area contributed by atoms with Gasteiger partial charge in [-0.15, -0.1) is 0 Å². The van der Waals surface area contributed by atoms with Gasteiger partial charge in [-0.2, -0.15) is 0 Å². The molecule has 196 valence electrons. The maximum Gasteiger partial charge on any atom is 0.0541 e. The quantitative estimate of drug-likeness (QED) is 0.233. The number of H-pyrrole nitrogens is 1. The van der Waals surface area contributed by atoms with E-state index in [9.17, 15) is 0 Å². The van der Waals surface area contributed by atoms with Crippen molar-refractivity contribution < 1.29 is 0 Å². The van der Waals surface area contributed by atoms with Crippen LogP contribution >= 0.6 is 0 Å². The molecule has 0 saturated carbocycles. The third-order valence-corrected chi connectivity index (χ3v) is 8.73. The molecule has 7 aromatic carbocycles. The van der Waals surface area contributed by atoms with Crippen LogP contribution in [0, 0.1) is 0 Å². The first kappa shape index (κ1) is 23.1. The lowest BCUT2D eigenvalue weighted by molar-refractivity contribution is 1.18. The molecule has 0 atom stereocenters. The first-order chi connectivity index (χ1) is 20.8. The van der Waals surface area contributed by atoms with Gasteiger partial charge in [0, 0.05) is 38.3 Å². The Labute approximate surface area is 243 Å². The zero-order valence-corrected chi connectivity index (χ0v) is 22.9. The molecule has 2 aromatic heterocycles. The number of nitrogens with one attached hydrogen (secondary N) is 1. The fourth-order valence-electron chi connectivity index (χ4n) is 6.71. The summed E-state index contributed by atoms with van der Waals surface area (Å²) in [5.41, 5.74) is 10.9. The number of nitrogens with zero attached hydrogens (tertiary/aromatic N) is 1. The summed E-state index contributed by atoms with van der Waals surface area (Å²) in [5, 5.41) is 7.64. The number of fused-ring (bicyclic) bond motifs is 8. The minimum Gasteiger partial charge on any atom is -0.354 e. The molecule has 0 fully saturated rings. The number of benzene rings is 7. The second kappa shape index (κ2) is 8.95. The van der Waals surface area contributed by atoms with Crippen molar-refractivity contribution >= 4 is 54.4 Å². The summed E-state index contributed by atoms with van der Waals surface area (Å²) in [6, 6.07) is 55.0. The fourth-order valence-corrected chi connectivity index (χ4v) is 6.71. The number of para-hydroxylation sites is 1. The van der Waals surface area contributed by atoms with E-state index in [1.165, 1.54) is 82.3 Å². The minimum absolute atomic E-state index is 1.17. The highest BCUT2D eigenvalue weighted by atomic mass is 15.0. The van der Waals surface area contributed by atoms with E-state index in [4.69, 9.17) is 0 Å². The van der Waals surface area contributed by atoms with Crippen LogP contribution < -0.4 is 0 Å². The van der Waals surface area contributed by atoms with Gasteiger partial charge >= 0.3 is 0 Å². The van der Waals surface area contributed by atoms with Gasteiger partial charge in [0.15, 0.2) is 0 Å². The Bertz CT molecular complexity index is 2440. The van der Waals surface area contributed by atoms with E-state index in [-0.39, 0.29) is 0 Å². The highest BCUT2D eigenvalue weighted by Gasteiger charge is 2.15. The molecule has 1 N–H and O–H groups in total. The Balaban J connectivity index is 1.21. The Morgan fingerprint density at radius 3 is 1.86 bits per heavy atom. The lowest BCUT2D eigenvalue weighted by atomic mass is 9.99. The first-order valence-electron chi connectivity index (χ1n) is 14.4. The second-order valence-electron chi connectivity index (χ2n) is 11.1. The number of aromatic nitrogens is 2. The standard InChI is InChI=1S/C40H26N2/c1-2-8-26(9-3-1)27-14-19-31(20-15-27)42-38-13-7-6-12-33(38)34-24-30(18-23-39(34)42)29-17-21-36-35(25-29)40-32-11-5-4-10-28(32)16-22-37(40)41-36/h1-25,41H. The van der Waals surface area contributed by atoms with Gasteiger partial charge in [0.25, 0.3) is 0 Å². The van der Waals surface area contributed by atoms with E-state index in [0.29, 0.717) is 0 Å². The summed E-state index contributed by atoms with van der Waals surface area (Å²) in [6.07, 6.45) is 0. The second-order valence-corrected chi connectivity index (χ2v) is 11.1. The van der Waals surface area contributed by atoms with E-state index in [1.54, 1.807) is 0 Å². The molecule has 2 heteroatoms. The third-order valence-electron chi connectivity index (χ3n) is 8.73. The van der Waals surface area contributed by atoms with Gasteiger partial charge in [-0.3, -0.25) is 0 Å². The fraction of sp³-hybridized carbons (Fsp3) is 0. The molecule has 9 aromatic rings. The van der Waals surface area contributed by atoms with Crippen molar-refractivity contribution in [2.24, 2.45) is 0 Å². The molecule has 2 heterocycles. The summed E-state index contributed by atoms with van der Waals surface area (Å²) in [6.45, 7) is 0. The lowest BCUT2D eigenvalue weighted by Crippen LogP contribution is -1.93. The number of rotatable bonds is 3. The molecule has 0 amide bonds. The van der Waals surface area contributed by atoms with Gasteiger partial charge in [0.1, 0.15) is 0 Å². The molecule has 0 spiro atoms. The molecule has 9 rings (SSSR count). The zero-order valence-electron chi connectivity index (χ0n) is 22.9. The van der Waals surface area contributed by atoms with Crippen molar-refractivity contribution in [2.45, 2.75) is 0 Å². The normalized spacial score (nSPS) is 11.8. The van der Waals surface area contributed by atoms with E-state index in [2.05, 4.69) is 161 Å². The Kier molecular flexibility index (Phi) is 4.93. The van der Waals surface area contributed by atoms with Gasteiger partial charge in [0.05, 0.1) is 11.0 Å². The van der Waals surface area contributed by atoms with E-state index >= 15 is 0 Å². The van der Waals surface area contributed by atoms with E-state index < -0.39 is 0 Å². The minimum atomic E-state index is 1.17. The van der Waals surface area contributed by atoms with Crippen LogP contribution in [0.5, 0.6) is 0 Å². The smallest absolute Gasteiger partial charge is 0.0541 e. The van der Waals surface area contributed by atoms with Gasteiger partial charge in [-0.05, 0) is 81.6 Å². The molecule has 0 bridgehead atoms. The molecule has 0 radical (unpaired) electrons. The van der Waals surface area contributed by atoms with Crippen LogP contribution in [-0.2, 0) is 0 Å². The highest BCUT2D eigenvalue weighted by Crippen LogP contribution is 2.38. The highest BCUT2D eigenvalue weighted by molar-refractivity contribution is 6.21. The van der Waals surface area contributed by atoms with Crippen molar-refractivity contribution in [3.8, 4) is 27.9 Å². The van der Waals surface area contributed by atoms with E-state index in [0.717, 1.165) is 0 Å². The molecule has 0 aliphatic rings. The Morgan fingerprint density at radius 1 is 0.381 bits per heavy atom. The van der Waals surface area contributed by atoms with Gasteiger partial charge in [-0.1, -0.05) is 103 Å². The Morgan fingerprint density at radius 2 is 1.00 bits per heavy atom. The van der Waals surface area contributed by atoms with Crippen LogP contribution in [0.15, 0.2) is 152 Å². The average molecular weight is 535 g/mol.